The number of aromatic amines is 1. The molecule has 0 aliphatic carbocycles. The van der Waals surface area contributed by atoms with E-state index in [0.29, 0.717) is 0 Å². The summed E-state index contributed by atoms with van der Waals surface area (Å²) in [7, 11) is 1.26. The molecular formula is C8H9F3N2O3. The van der Waals surface area contributed by atoms with E-state index in [0.717, 1.165) is 6.20 Å². The van der Waals surface area contributed by atoms with Crippen molar-refractivity contribution in [2.75, 3.05) is 7.11 Å². The maximum Gasteiger partial charge on any atom is 0.573 e. The van der Waals surface area contributed by atoms with E-state index in [2.05, 4.69) is 9.72 Å². The SMILES string of the molecule is COc1[nH]cc(OC(F)(F)F)c(=O)c1CN. The van der Waals surface area contributed by atoms with Gasteiger partial charge in [0, 0.05) is 6.54 Å². The molecule has 0 aliphatic rings. The standard InChI is InChI=1S/C8H9F3N2O3/c1-15-7-4(2-12)6(14)5(3-13-7)16-8(9,10)11/h3H,2,12H2,1H3,(H,13,14). The lowest BCUT2D eigenvalue weighted by Gasteiger charge is -2.11. The average Bonchev–Trinajstić information content (AvgIpc) is 2.19. The van der Waals surface area contributed by atoms with Gasteiger partial charge in [0.15, 0.2) is 11.6 Å². The van der Waals surface area contributed by atoms with Crippen LogP contribution in [-0.2, 0) is 6.54 Å². The Morgan fingerprint density at radius 2 is 2.12 bits per heavy atom. The topological polar surface area (TPSA) is 77.3 Å². The van der Waals surface area contributed by atoms with Crippen molar-refractivity contribution in [3.63, 3.8) is 0 Å². The number of hydrogen-bond donors (Lipinski definition) is 2. The molecule has 0 saturated heterocycles. The van der Waals surface area contributed by atoms with Gasteiger partial charge >= 0.3 is 6.36 Å². The van der Waals surface area contributed by atoms with Crippen LogP contribution in [0.1, 0.15) is 5.56 Å². The van der Waals surface area contributed by atoms with Gasteiger partial charge in [0.05, 0.1) is 18.9 Å². The van der Waals surface area contributed by atoms with Gasteiger partial charge in [-0.05, 0) is 0 Å². The number of aromatic nitrogens is 1. The van der Waals surface area contributed by atoms with Crippen LogP contribution in [0.2, 0.25) is 0 Å². The third-order valence-electron chi connectivity index (χ3n) is 1.74. The second kappa shape index (κ2) is 4.44. The number of pyridine rings is 1. The number of ether oxygens (including phenoxy) is 2. The Labute approximate surface area is 88.0 Å². The minimum Gasteiger partial charge on any atom is -0.482 e. The normalized spacial score (nSPS) is 11.3. The van der Waals surface area contributed by atoms with E-state index in [-0.39, 0.29) is 18.0 Å². The molecule has 0 aromatic carbocycles. The predicted octanol–water partition coefficient (Wildman–Crippen LogP) is 0.741. The Morgan fingerprint density at radius 3 is 2.56 bits per heavy atom. The van der Waals surface area contributed by atoms with Gasteiger partial charge in [-0.25, -0.2) is 0 Å². The number of methoxy groups -OCH3 is 1. The third kappa shape index (κ3) is 2.66. The molecule has 0 aliphatic heterocycles. The fraction of sp³-hybridized carbons (Fsp3) is 0.375. The molecular weight excluding hydrogens is 229 g/mol. The predicted molar refractivity (Wildman–Crippen MR) is 48.2 cm³/mol. The second-order valence-electron chi connectivity index (χ2n) is 2.75. The van der Waals surface area contributed by atoms with E-state index in [1.54, 1.807) is 0 Å². The van der Waals surface area contributed by atoms with Gasteiger partial charge in [-0.2, -0.15) is 0 Å². The first-order valence-corrected chi connectivity index (χ1v) is 4.13. The first-order chi connectivity index (χ1) is 7.39. The van der Waals surface area contributed by atoms with Crippen LogP contribution in [0.15, 0.2) is 11.0 Å². The minimum absolute atomic E-state index is 0.0158. The molecule has 0 saturated carbocycles. The van der Waals surface area contributed by atoms with Gasteiger partial charge in [-0.3, -0.25) is 4.79 Å². The molecule has 3 N–H and O–H groups in total. The first-order valence-electron chi connectivity index (χ1n) is 4.13. The van der Waals surface area contributed by atoms with Gasteiger partial charge in [-0.15, -0.1) is 13.2 Å². The quantitative estimate of drug-likeness (QED) is 0.814. The monoisotopic (exact) mass is 238 g/mol. The fourth-order valence-corrected chi connectivity index (χ4v) is 1.10. The summed E-state index contributed by atoms with van der Waals surface area (Å²) in [4.78, 5) is 13.8. The molecule has 8 heteroatoms. The third-order valence-corrected chi connectivity index (χ3v) is 1.74. The Morgan fingerprint density at radius 1 is 1.50 bits per heavy atom. The Balaban J connectivity index is 3.20. The Hall–Kier alpha value is -1.70. The maximum atomic E-state index is 11.9. The van der Waals surface area contributed by atoms with Crippen LogP contribution in [0.5, 0.6) is 11.6 Å². The number of halogens is 3. The van der Waals surface area contributed by atoms with Crippen molar-refractivity contribution in [3.8, 4) is 11.6 Å². The van der Waals surface area contributed by atoms with E-state index in [4.69, 9.17) is 10.5 Å². The molecule has 0 bridgehead atoms. The molecule has 5 nitrogen and oxygen atoms in total. The highest BCUT2D eigenvalue weighted by atomic mass is 19.4. The highest BCUT2D eigenvalue weighted by Gasteiger charge is 2.32. The summed E-state index contributed by atoms with van der Waals surface area (Å²) in [6.07, 6.45) is -4.15. The van der Waals surface area contributed by atoms with Crippen molar-refractivity contribution in [2.24, 2.45) is 5.73 Å². The van der Waals surface area contributed by atoms with Crippen molar-refractivity contribution in [2.45, 2.75) is 12.9 Å². The summed E-state index contributed by atoms with van der Waals surface area (Å²) in [5.74, 6) is -0.851. The lowest BCUT2D eigenvalue weighted by Crippen LogP contribution is -2.24. The second-order valence-corrected chi connectivity index (χ2v) is 2.75. The molecule has 0 fully saturated rings. The van der Waals surface area contributed by atoms with Crippen molar-refractivity contribution >= 4 is 0 Å². The van der Waals surface area contributed by atoms with Gasteiger partial charge in [-0.1, -0.05) is 0 Å². The number of nitrogens with one attached hydrogen (secondary N) is 1. The zero-order valence-corrected chi connectivity index (χ0v) is 8.22. The zero-order chi connectivity index (χ0) is 12.3. The largest absolute Gasteiger partial charge is 0.573 e. The van der Waals surface area contributed by atoms with E-state index in [1.807, 2.05) is 0 Å². The number of nitrogens with two attached hydrogens (primary N) is 1. The molecule has 0 radical (unpaired) electrons. The molecule has 16 heavy (non-hydrogen) atoms. The lowest BCUT2D eigenvalue weighted by atomic mass is 10.2. The van der Waals surface area contributed by atoms with Gasteiger partial charge < -0.3 is 20.2 Å². The smallest absolute Gasteiger partial charge is 0.482 e. The van der Waals surface area contributed by atoms with E-state index in [1.165, 1.54) is 7.11 Å². The number of hydrogen-bond acceptors (Lipinski definition) is 4. The summed E-state index contributed by atoms with van der Waals surface area (Å²) >= 11 is 0. The maximum absolute atomic E-state index is 11.9. The van der Waals surface area contributed by atoms with Crippen molar-refractivity contribution in [3.05, 3.63) is 22.0 Å². The van der Waals surface area contributed by atoms with Crippen LogP contribution in [-0.4, -0.2) is 18.5 Å². The minimum atomic E-state index is -4.92. The molecule has 0 spiro atoms. The molecule has 1 rings (SSSR count). The van der Waals surface area contributed by atoms with Crippen LogP contribution in [0, 0.1) is 0 Å². The van der Waals surface area contributed by atoms with Crippen LogP contribution in [0.4, 0.5) is 13.2 Å². The summed E-state index contributed by atoms with van der Waals surface area (Å²) in [5.41, 5.74) is 4.17. The summed E-state index contributed by atoms with van der Waals surface area (Å²) in [5, 5.41) is 0. The van der Waals surface area contributed by atoms with Gasteiger partial charge in [0.2, 0.25) is 5.43 Å². The number of H-pyrrole nitrogens is 1. The van der Waals surface area contributed by atoms with E-state index in [9.17, 15) is 18.0 Å². The van der Waals surface area contributed by atoms with Crippen LogP contribution >= 0.6 is 0 Å². The van der Waals surface area contributed by atoms with Crippen molar-refractivity contribution in [1.82, 2.24) is 4.98 Å². The highest BCUT2D eigenvalue weighted by molar-refractivity contribution is 5.33. The number of rotatable bonds is 3. The molecule has 0 amide bonds. The lowest BCUT2D eigenvalue weighted by molar-refractivity contribution is -0.275. The first kappa shape index (κ1) is 12.4. The Bertz CT molecular complexity index is 428. The van der Waals surface area contributed by atoms with Crippen molar-refractivity contribution in [1.29, 1.82) is 0 Å². The average molecular weight is 238 g/mol. The summed E-state index contributed by atoms with van der Waals surface area (Å²) in [6.45, 7) is -0.256. The molecule has 1 heterocycles. The van der Waals surface area contributed by atoms with Crippen molar-refractivity contribution < 1.29 is 22.6 Å². The molecule has 1 aromatic heterocycles. The Kier molecular flexibility index (Phi) is 3.43. The number of alkyl halides is 3. The molecule has 0 atom stereocenters. The summed E-state index contributed by atoms with van der Waals surface area (Å²) in [6, 6.07) is 0. The summed E-state index contributed by atoms with van der Waals surface area (Å²) < 4.78 is 44.0. The fourth-order valence-electron chi connectivity index (χ4n) is 1.10. The zero-order valence-electron chi connectivity index (χ0n) is 8.22. The van der Waals surface area contributed by atoms with Crippen LogP contribution in [0.3, 0.4) is 0 Å². The molecule has 0 unspecified atom stereocenters. The van der Waals surface area contributed by atoms with Crippen LogP contribution in [0.25, 0.3) is 0 Å². The van der Waals surface area contributed by atoms with E-state index < -0.39 is 17.5 Å². The van der Waals surface area contributed by atoms with E-state index >= 15 is 0 Å². The molecule has 1 aromatic rings. The van der Waals surface area contributed by atoms with Gasteiger partial charge in [0.1, 0.15) is 0 Å². The van der Waals surface area contributed by atoms with Gasteiger partial charge in [0.25, 0.3) is 0 Å². The molecule has 90 valence electrons. The highest BCUT2D eigenvalue weighted by Crippen LogP contribution is 2.21. The van der Waals surface area contributed by atoms with Crippen LogP contribution < -0.4 is 20.6 Å².